The summed E-state index contributed by atoms with van der Waals surface area (Å²) in [5, 5.41) is 0. The number of ether oxygens (including phenoxy) is 1. The van der Waals surface area contributed by atoms with E-state index in [9.17, 15) is 0 Å². The highest BCUT2D eigenvalue weighted by molar-refractivity contribution is 6.91. The minimum atomic E-state index is -0.263. The molecule has 0 amide bonds. The van der Waals surface area contributed by atoms with E-state index in [1.54, 1.807) is 0 Å². The van der Waals surface area contributed by atoms with Crippen LogP contribution in [0, 0.1) is 0 Å². The van der Waals surface area contributed by atoms with Crippen LogP contribution in [0.15, 0.2) is 206 Å². The van der Waals surface area contributed by atoms with Crippen LogP contribution in [-0.2, 0) is 21.7 Å². The summed E-state index contributed by atoms with van der Waals surface area (Å²) in [6, 6.07) is 77.4. The highest BCUT2D eigenvalue weighted by Crippen LogP contribution is 2.57. The number of hydrogen-bond donors (Lipinski definition) is 0. The molecule has 0 N–H and O–H groups in total. The first-order chi connectivity index (χ1) is 36.9. The molecular formula is C72H70BN3O. The molecule has 3 heterocycles. The van der Waals surface area contributed by atoms with Gasteiger partial charge in [0.15, 0.2) is 0 Å². The summed E-state index contributed by atoms with van der Waals surface area (Å²) in [6.45, 7) is 23.6. The Balaban J connectivity index is 1.18. The molecule has 5 heteroatoms. The van der Waals surface area contributed by atoms with Crippen molar-refractivity contribution in [3.8, 4) is 28.0 Å². The number of para-hydroxylation sites is 2. The van der Waals surface area contributed by atoms with Gasteiger partial charge in [-0.1, -0.05) is 197 Å². The molecule has 77 heavy (non-hydrogen) atoms. The van der Waals surface area contributed by atoms with Gasteiger partial charge in [-0.3, -0.25) is 0 Å². The zero-order chi connectivity index (χ0) is 53.2. The van der Waals surface area contributed by atoms with Gasteiger partial charge in [-0.15, -0.1) is 0 Å². The van der Waals surface area contributed by atoms with Crippen LogP contribution in [0.25, 0.3) is 22.3 Å². The van der Waals surface area contributed by atoms with Crippen LogP contribution in [0.3, 0.4) is 0 Å². The van der Waals surface area contributed by atoms with E-state index in [1.165, 1.54) is 72.4 Å². The van der Waals surface area contributed by atoms with Crippen LogP contribution in [0.5, 0.6) is 5.75 Å². The van der Waals surface area contributed by atoms with Crippen molar-refractivity contribution in [1.29, 1.82) is 0 Å². The van der Waals surface area contributed by atoms with Crippen molar-refractivity contribution in [3.05, 3.63) is 234 Å². The Hall–Kier alpha value is -7.76. The van der Waals surface area contributed by atoms with Crippen LogP contribution in [0.2, 0.25) is 0 Å². The fourth-order valence-electron chi connectivity index (χ4n) is 13.2. The first-order valence-electron chi connectivity index (χ1n) is 28.0. The average molecular weight is 1000 g/mol. The lowest BCUT2D eigenvalue weighted by molar-refractivity contribution is 0.282. The number of benzene rings is 9. The van der Waals surface area contributed by atoms with E-state index in [2.05, 4.69) is 290 Å². The Morgan fingerprint density at radius 2 is 1.04 bits per heavy atom. The molecule has 0 aromatic heterocycles. The summed E-state index contributed by atoms with van der Waals surface area (Å²) in [5.41, 5.74) is 23.1. The lowest BCUT2D eigenvalue weighted by atomic mass is 9.32. The van der Waals surface area contributed by atoms with E-state index in [1.807, 2.05) is 0 Å². The van der Waals surface area contributed by atoms with Gasteiger partial charge in [0.2, 0.25) is 0 Å². The molecule has 4 nitrogen and oxygen atoms in total. The van der Waals surface area contributed by atoms with E-state index in [-0.39, 0.29) is 40.4 Å². The Morgan fingerprint density at radius 3 is 1.68 bits per heavy atom. The molecule has 9 aromatic carbocycles. The highest BCUT2D eigenvalue weighted by Gasteiger charge is 2.56. The van der Waals surface area contributed by atoms with Crippen LogP contribution in [0.4, 0.5) is 45.5 Å². The van der Waals surface area contributed by atoms with Crippen LogP contribution in [0.1, 0.15) is 116 Å². The first kappa shape index (κ1) is 48.9. The molecule has 0 saturated carbocycles. The van der Waals surface area contributed by atoms with Gasteiger partial charge in [0.05, 0.1) is 17.4 Å². The van der Waals surface area contributed by atoms with Crippen LogP contribution < -0.4 is 30.4 Å². The molecule has 2 atom stereocenters. The number of anilines is 8. The molecule has 1 aliphatic carbocycles. The normalized spacial score (nSPS) is 17.6. The van der Waals surface area contributed by atoms with E-state index < -0.39 is 0 Å². The maximum atomic E-state index is 7.70. The molecular weight excluding hydrogens is 934 g/mol. The summed E-state index contributed by atoms with van der Waals surface area (Å²) < 4.78 is 7.70. The fourth-order valence-corrected chi connectivity index (χ4v) is 13.2. The molecule has 0 saturated heterocycles. The molecule has 3 aliphatic heterocycles. The van der Waals surface area contributed by atoms with Crippen LogP contribution in [-0.4, -0.2) is 12.7 Å². The molecule has 0 spiro atoms. The van der Waals surface area contributed by atoms with Crippen molar-refractivity contribution in [2.75, 3.05) is 14.7 Å². The van der Waals surface area contributed by atoms with E-state index >= 15 is 0 Å². The molecule has 0 radical (unpaired) electrons. The second kappa shape index (κ2) is 17.9. The van der Waals surface area contributed by atoms with E-state index in [0.29, 0.717) is 0 Å². The zero-order valence-corrected chi connectivity index (χ0v) is 46.5. The number of nitrogens with zero attached hydrogens (tertiary/aromatic N) is 3. The van der Waals surface area contributed by atoms with Gasteiger partial charge in [0.25, 0.3) is 6.71 Å². The third kappa shape index (κ3) is 8.19. The Bertz CT molecular complexity index is 3680. The maximum absolute atomic E-state index is 7.70. The van der Waals surface area contributed by atoms with Crippen molar-refractivity contribution >= 4 is 63.1 Å². The largest absolute Gasteiger partial charge is 0.495 e. The predicted octanol–water partition coefficient (Wildman–Crippen LogP) is 18.0. The van der Waals surface area contributed by atoms with Gasteiger partial charge in [0, 0.05) is 45.3 Å². The molecule has 2 unspecified atom stereocenters. The second-order valence-electron chi connectivity index (χ2n) is 25.6. The molecule has 13 rings (SSSR count). The Morgan fingerprint density at radius 1 is 0.481 bits per heavy atom. The second-order valence-corrected chi connectivity index (χ2v) is 25.6. The third-order valence-corrected chi connectivity index (χ3v) is 17.6. The van der Waals surface area contributed by atoms with Gasteiger partial charge in [-0.25, -0.2) is 0 Å². The van der Waals surface area contributed by atoms with Crippen molar-refractivity contribution in [3.63, 3.8) is 0 Å². The van der Waals surface area contributed by atoms with Crippen molar-refractivity contribution < 1.29 is 4.74 Å². The SMILES string of the molecule is CC(C)(C)c1ccc(N2c3ccc(-c4ccccc4)cc3B3c4c2cc(N(c2ccccc2)c2ccccc2)cc4N(c2ccc4c(c2)C(C)(C)CCC4(C)C)C2c4cc(C(C)(C)C)ccc4OC32)c(-c2ccccc2)c1. The summed E-state index contributed by atoms with van der Waals surface area (Å²) in [5.74, 6) is 0.967. The minimum Gasteiger partial charge on any atom is -0.495 e. The predicted molar refractivity (Wildman–Crippen MR) is 327 cm³/mol. The standard InChI is InChI=1S/C72H70BN3O/c1-69(2,3)50-32-37-61(56(42-50)48-25-17-12-18-26-48)76-62-36-31-49(47-23-15-11-16-24-47)41-60(62)73-66-63(45-55(46-64(66)76)74(52-27-19-13-20-28-52)53-29-21-14-22-30-53)75(54-34-35-58-59(44-54)72(9,10)40-39-71(58,7)8)67-57-43-51(70(4,5)6)33-38-65(57)77-68(67)73/h11-38,41-46,67-68H,39-40H2,1-10H3. The van der Waals surface area contributed by atoms with Gasteiger partial charge in [-0.2, -0.15) is 0 Å². The van der Waals surface area contributed by atoms with Crippen LogP contribution >= 0.6 is 0 Å². The smallest absolute Gasteiger partial charge is 0.267 e. The lowest BCUT2D eigenvalue weighted by Gasteiger charge is -2.49. The Kier molecular flexibility index (Phi) is 11.4. The number of rotatable bonds is 7. The third-order valence-electron chi connectivity index (χ3n) is 17.6. The lowest BCUT2D eigenvalue weighted by Crippen LogP contribution is -2.65. The highest BCUT2D eigenvalue weighted by atomic mass is 16.5. The van der Waals surface area contributed by atoms with Gasteiger partial charge in [0.1, 0.15) is 11.8 Å². The zero-order valence-electron chi connectivity index (χ0n) is 46.5. The van der Waals surface area contributed by atoms with Gasteiger partial charge >= 0.3 is 0 Å². The molecule has 0 bridgehead atoms. The fraction of sp³-hybridized carbons (Fsp3) is 0.250. The number of fused-ring (bicyclic) bond motifs is 7. The summed E-state index contributed by atoms with van der Waals surface area (Å²) >= 11 is 0. The molecule has 0 fully saturated rings. The molecule has 382 valence electrons. The maximum Gasteiger partial charge on any atom is 0.267 e. The Labute approximate surface area is 458 Å². The summed E-state index contributed by atoms with van der Waals surface area (Å²) in [6.07, 6.45) is 2.29. The average Bonchev–Trinajstić information content (AvgIpc) is 3.97. The summed E-state index contributed by atoms with van der Waals surface area (Å²) in [7, 11) is 0. The van der Waals surface area contributed by atoms with Gasteiger partial charge in [-0.05, 0) is 163 Å². The number of hydrogen-bond acceptors (Lipinski definition) is 4. The van der Waals surface area contributed by atoms with Gasteiger partial charge < -0.3 is 19.4 Å². The summed E-state index contributed by atoms with van der Waals surface area (Å²) in [4.78, 5) is 7.79. The van der Waals surface area contributed by atoms with Crippen molar-refractivity contribution in [1.82, 2.24) is 0 Å². The minimum absolute atomic E-state index is 0.00258. The topological polar surface area (TPSA) is 19.0 Å². The van der Waals surface area contributed by atoms with E-state index in [4.69, 9.17) is 4.74 Å². The first-order valence-corrected chi connectivity index (χ1v) is 28.0. The van der Waals surface area contributed by atoms with Crippen molar-refractivity contribution in [2.45, 2.75) is 116 Å². The quantitative estimate of drug-likeness (QED) is 0.148. The van der Waals surface area contributed by atoms with Crippen molar-refractivity contribution in [2.24, 2.45) is 0 Å². The molecule has 4 aliphatic rings. The monoisotopic (exact) mass is 1000 g/mol. The molecule has 9 aromatic rings. The van der Waals surface area contributed by atoms with E-state index in [0.717, 1.165) is 52.7 Å².